The van der Waals surface area contributed by atoms with E-state index in [4.69, 9.17) is 11.5 Å². The maximum absolute atomic E-state index is 11.2. The first-order valence-electron chi connectivity index (χ1n) is 6.07. The molecule has 0 atom stereocenters. The van der Waals surface area contributed by atoms with Crippen LogP contribution in [0.4, 0.5) is 5.69 Å². The minimum Gasteiger partial charge on any atom is -0.398 e. The molecule has 1 aromatic rings. The Balaban J connectivity index is 2.66. The second kappa shape index (κ2) is 7.38. The van der Waals surface area contributed by atoms with Crippen LogP contribution in [0.3, 0.4) is 0 Å². The average Bonchev–Trinajstić information content (AvgIpc) is 2.37. The monoisotopic (exact) mass is 264 g/mol. The summed E-state index contributed by atoms with van der Waals surface area (Å²) in [6.45, 7) is 1.05. The highest BCUT2D eigenvalue weighted by Crippen LogP contribution is 2.13. The second-order valence-electron chi connectivity index (χ2n) is 4.30. The summed E-state index contributed by atoms with van der Waals surface area (Å²) < 4.78 is 0. The Bertz CT molecular complexity index is 448. The summed E-state index contributed by atoms with van der Waals surface area (Å²) in [6, 6.07) is 7.43. The molecule has 19 heavy (non-hydrogen) atoms. The van der Waals surface area contributed by atoms with Crippen molar-refractivity contribution in [2.45, 2.75) is 13.0 Å². The summed E-state index contributed by atoms with van der Waals surface area (Å²) in [7, 11) is 1.58. The van der Waals surface area contributed by atoms with Crippen LogP contribution >= 0.6 is 0 Å². The van der Waals surface area contributed by atoms with Gasteiger partial charge in [-0.15, -0.1) is 0 Å². The Morgan fingerprint density at radius 3 is 2.58 bits per heavy atom. The van der Waals surface area contributed by atoms with Crippen LogP contribution in [0, 0.1) is 0 Å². The van der Waals surface area contributed by atoms with E-state index in [1.807, 2.05) is 23.1 Å². The predicted molar refractivity (Wildman–Crippen MR) is 74.0 cm³/mol. The Hall–Kier alpha value is -2.08. The second-order valence-corrected chi connectivity index (χ2v) is 4.30. The highest BCUT2D eigenvalue weighted by Gasteiger charge is 2.12. The molecule has 0 saturated heterocycles. The van der Waals surface area contributed by atoms with Crippen LogP contribution in [-0.4, -0.2) is 36.9 Å². The zero-order valence-electron chi connectivity index (χ0n) is 11.1. The predicted octanol–water partition coefficient (Wildman–Crippen LogP) is -0.308. The molecule has 0 unspecified atom stereocenters. The number of nitrogens with one attached hydrogen (secondary N) is 1. The van der Waals surface area contributed by atoms with Gasteiger partial charge in [0.05, 0.1) is 6.54 Å². The van der Waals surface area contributed by atoms with Crippen molar-refractivity contribution in [2.75, 3.05) is 25.9 Å². The van der Waals surface area contributed by atoms with E-state index in [-0.39, 0.29) is 12.5 Å². The van der Waals surface area contributed by atoms with E-state index in [9.17, 15) is 9.59 Å². The van der Waals surface area contributed by atoms with Crippen molar-refractivity contribution in [3.8, 4) is 0 Å². The van der Waals surface area contributed by atoms with Gasteiger partial charge in [0, 0.05) is 32.2 Å². The molecule has 1 aromatic carbocycles. The molecular weight excluding hydrogens is 244 g/mol. The van der Waals surface area contributed by atoms with Gasteiger partial charge in [0.1, 0.15) is 0 Å². The number of nitrogens with two attached hydrogens (primary N) is 2. The molecule has 6 nitrogen and oxygen atoms in total. The van der Waals surface area contributed by atoms with Crippen LogP contribution in [0.15, 0.2) is 24.3 Å². The van der Waals surface area contributed by atoms with Crippen molar-refractivity contribution in [2.24, 2.45) is 5.73 Å². The fraction of sp³-hybridized carbons (Fsp3) is 0.385. The number of anilines is 1. The van der Waals surface area contributed by atoms with E-state index >= 15 is 0 Å². The molecule has 0 saturated carbocycles. The smallest absolute Gasteiger partial charge is 0.231 e. The van der Waals surface area contributed by atoms with Gasteiger partial charge in [-0.2, -0.15) is 0 Å². The Morgan fingerprint density at radius 2 is 2.00 bits per heavy atom. The van der Waals surface area contributed by atoms with Gasteiger partial charge in [-0.1, -0.05) is 18.2 Å². The Labute approximate surface area is 112 Å². The summed E-state index contributed by atoms with van der Waals surface area (Å²) >= 11 is 0. The zero-order valence-corrected chi connectivity index (χ0v) is 11.1. The lowest BCUT2D eigenvalue weighted by Crippen LogP contribution is -2.36. The Kier molecular flexibility index (Phi) is 5.81. The molecule has 5 N–H and O–H groups in total. The SMILES string of the molecule is CNC(=O)CCN(CC(N)=O)Cc1ccccc1N. The topological polar surface area (TPSA) is 101 Å². The molecule has 0 aromatic heterocycles. The van der Waals surface area contributed by atoms with Crippen molar-refractivity contribution in [3.05, 3.63) is 29.8 Å². The number of nitrogen functional groups attached to an aromatic ring is 1. The summed E-state index contributed by atoms with van der Waals surface area (Å²) in [4.78, 5) is 24.1. The third-order valence-electron chi connectivity index (χ3n) is 2.76. The molecular formula is C13H20N4O2. The third kappa shape index (κ3) is 5.39. The van der Waals surface area contributed by atoms with Crippen molar-refractivity contribution < 1.29 is 9.59 Å². The molecule has 1 rings (SSSR count). The average molecular weight is 264 g/mol. The summed E-state index contributed by atoms with van der Waals surface area (Å²) in [5.41, 5.74) is 12.7. The quantitative estimate of drug-likeness (QED) is 0.588. The van der Waals surface area contributed by atoms with Gasteiger partial charge in [0.25, 0.3) is 0 Å². The fourth-order valence-corrected chi connectivity index (χ4v) is 1.74. The number of rotatable bonds is 7. The highest BCUT2D eigenvalue weighted by atomic mass is 16.2. The van der Waals surface area contributed by atoms with Gasteiger partial charge >= 0.3 is 0 Å². The third-order valence-corrected chi connectivity index (χ3v) is 2.76. The van der Waals surface area contributed by atoms with Gasteiger partial charge in [-0.3, -0.25) is 14.5 Å². The van der Waals surface area contributed by atoms with E-state index in [2.05, 4.69) is 5.32 Å². The van der Waals surface area contributed by atoms with Crippen molar-refractivity contribution in [3.63, 3.8) is 0 Å². The molecule has 2 amide bonds. The number of carbonyl (C=O) groups is 2. The Morgan fingerprint density at radius 1 is 1.32 bits per heavy atom. The van der Waals surface area contributed by atoms with E-state index in [0.717, 1.165) is 5.56 Å². The lowest BCUT2D eigenvalue weighted by Gasteiger charge is -2.21. The first-order chi connectivity index (χ1) is 9.02. The first kappa shape index (κ1) is 15.0. The molecule has 104 valence electrons. The standard InChI is InChI=1S/C13H20N4O2/c1-16-13(19)6-7-17(9-12(15)18)8-10-4-2-3-5-11(10)14/h2-5H,6-9,14H2,1H3,(H2,15,18)(H,16,19). The minimum absolute atomic E-state index is 0.0736. The van der Waals surface area contributed by atoms with E-state index in [1.54, 1.807) is 13.1 Å². The van der Waals surface area contributed by atoms with Crippen LogP contribution < -0.4 is 16.8 Å². The van der Waals surface area contributed by atoms with Gasteiger partial charge in [0.15, 0.2) is 0 Å². The number of hydrogen-bond acceptors (Lipinski definition) is 4. The van der Waals surface area contributed by atoms with Crippen LogP contribution in [0.25, 0.3) is 0 Å². The van der Waals surface area contributed by atoms with Gasteiger partial charge in [-0.05, 0) is 11.6 Å². The number of primary amides is 1. The van der Waals surface area contributed by atoms with Gasteiger partial charge < -0.3 is 16.8 Å². The van der Waals surface area contributed by atoms with E-state index in [1.165, 1.54) is 0 Å². The van der Waals surface area contributed by atoms with E-state index in [0.29, 0.717) is 25.2 Å². The number of carbonyl (C=O) groups excluding carboxylic acids is 2. The molecule has 0 spiro atoms. The molecule has 0 radical (unpaired) electrons. The summed E-state index contributed by atoms with van der Waals surface area (Å²) in [5.74, 6) is -0.498. The lowest BCUT2D eigenvalue weighted by molar-refractivity contribution is -0.122. The molecule has 0 aliphatic heterocycles. The van der Waals surface area contributed by atoms with Crippen molar-refractivity contribution in [1.82, 2.24) is 10.2 Å². The zero-order chi connectivity index (χ0) is 14.3. The lowest BCUT2D eigenvalue weighted by atomic mass is 10.1. The van der Waals surface area contributed by atoms with Crippen LogP contribution in [0.1, 0.15) is 12.0 Å². The normalized spacial score (nSPS) is 10.4. The highest BCUT2D eigenvalue weighted by molar-refractivity contribution is 5.77. The van der Waals surface area contributed by atoms with Crippen molar-refractivity contribution >= 4 is 17.5 Å². The summed E-state index contributed by atoms with van der Waals surface area (Å²) in [5, 5.41) is 2.54. The van der Waals surface area contributed by atoms with Crippen LogP contribution in [-0.2, 0) is 16.1 Å². The molecule has 0 fully saturated rings. The fourth-order valence-electron chi connectivity index (χ4n) is 1.74. The molecule has 0 heterocycles. The van der Waals surface area contributed by atoms with Crippen LogP contribution in [0.5, 0.6) is 0 Å². The van der Waals surface area contributed by atoms with Gasteiger partial charge in [-0.25, -0.2) is 0 Å². The van der Waals surface area contributed by atoms with Crippen molar-refractivity contribution in [1.29, 1.82) is 0 Å². The van der Waals surface area contributed by atoms with Crippen LogP contribution in [0.2, 0.25) is 0 Å². The number of hydrogen-bond donors (Lipinski definition) is 3. The number of amides is 2. The summed E-state index contributed by atoms with van der Waals surface area (Å²) in [6.07, 6.45) is 0.316. The largest absolute Gasteiger partial charge is 0.398 e. The van der Waals surface area contributed by atoms with Gasteiger partial charge in [0.2, 0.25) is 11.8 Å². The number of nitrogens with zero attached hydrogens (tertiary/aromatic N) is 1. The number of para-hydroxylation sites is 1. The molecule has 6 heteroatoms. The van der Waals surface area contributed by atoms with E-state index < -0.39 is 5.91 Å². The molecule has 0 aliphatic carbocycles. The molecule has 0 bridgehead atoms. The minimum atomic E-state index is -0.425. The molecule has 0 aliphatic rings. The maximum Gasteiger partial charge on any atom is 0.231 e. The maximum atomic E-state index is 11.2. The number of benzene rings is 1. The first-order valence-corrected chi connectivity index (χ1v) is 6.07.